The highest BCUT2D eigenvalue weighted by Gasteiger charge is 2.52. The largest absolute Gasteiger partial charge is 0.462 e. The van der Waals surface area contributed by atoms with Crippen LogP contribution >= 0.6 is 0 Å². The standard InChI is InChI=1S/C31H52O4Si2/c1-21-14-13-15-23(18-21)22(2)26(34-36(9,10)30(3,4)5)17-16-24-25-19-29(32)33-27(25)20-28(24)35-37(11,12)31(6,7)8/h13-18,22,24-28H,19-20H2,1-12H3/b17-16+/t22-,24-,25-,26-,27+,28-/m1/s1. The molecule has 0 bridgehead atoms. The number of carbonyl (C=O) groups excluding carboxylic acids is 1. The van der Waals surface area contributed by atoms with Gasteiger partial charge in [0.25, 0.3) is 0 Å². The van der Waals surface area contributed by atoms with E-state index in [9.17, 15) is 4.79 Å². The van der Waals surface area contributed by atoms with Crippen LogP contribution in [-0.4, -0.2) is 40.9 Å². The van der Waals surface area contributed by atoms with E-state index >= 15 is 0 Å². The van der Waals surface area contributed by atoms with Crippen LogP contribution in [0.4, 0.5) is 0 Å². The topological polar surface area (TPSA) is 44.8 Å². The van der Waals surface area contributed by atoms with E-state index in [2.05, 4.69) is 118 Å². The van der Waals surface area contributed by atoms with Gasteiger partial charge in [0.1, 0.15) is 6.10 Å². The fourth-order valence-electron chi connectivity index (χ4n) is 5.05. The molecule has 208 valence electrons. The number of carbonyl (C=O) groups is 1. The van der Waals surface area contributed by atoms with Gasteiger partial charge < -0.3 is 13.6 Å². The molecular formula is C31H52O4Si2. The highest BCUT2D eigenvalue weighted by molar-refractivity contribution is 6.74. The van der Waals surface area contributed by atoms with Crippen LogP contribution in [-0.2, 0) is 18.4 Å². The van der Waals surface area contributed by atoms with Crippen LogP contribution in [0.3, 0.4) is 0 Å². The quantitative estimate of drug-likeness (QED) is 0.187. The molecule has 37 heavy (non-hydrogen) atoms. The normalized spacial score (nSPS) is 26.9. The maximum absolute atomic E-state index is 12.2. The van der Waals surface area contributed by atoms with Crippen molar-refractivity contribution in [2.45, 2.75) is 129 Å². The zero-order valence-electron chi connectivity index (χ0n) is 25.5. The Balaban J connectivity index is 1.95. The number of fused-ring (bicyclic) bond motifs is 1. The molecule has 0 radical (unpaired) electrons. The van der Waals surface area contributed by atoms with Gasteiger partial charge in [-0.3, -0.25) is 4.79 Å². The third-order valence-corrected chi connectivity index (χ3v) is 18.6. The van der Waals surface area contributed by atoms with Gasteiger partial charge in [0.05, 0.1) is 18.6 Å². The van der Waals surface area contributed by atoms with E-state index in [1.807, 2.05) is 0 Å². The van der Waals surface area contributed by atoms with E-state index in [1.165, 1.54) is 11.1 Å². The molecule has 0 spiro atoms. The smallest absolute Gasteiger partial charge is 0.306 e. The zero-order chi connectivity index (χ0) is 28.0. The molecule has 1 aliphatic carbocycles. The van der Waals surface area contributed by atoms with Gasteiger partial charge >= 0.3 is 5.97 Å². The second-order valence-electron chi connectivity index (χ2n) is 14.6. The molecule has 1 saturated carbocycles. The second-order valence-corrected chi connectivity index (χ2v) is 24.1. The molecule has 2 fully saturated rings. The maximum Gasteiger partial charge on any atom is 0.306 e. The lowest BCUT2D eigenvalue weighted by atomic mass is 9.89. The molecule has 1 aromatic rings. The molecule has 1 heterocycles. The SMILES string of the molecule is Cc1cccc([C@@H](C)[C@@H](/C=C/[C@@H]2[C@H]3CC(=O)O[C@H]3C[C@H]2O[Si](C)(C)C(C)(C)C)O[Si](C)(C)C(C)(C)C)c1. The average Bonchev–Trinajstić information content (AvgIpc) is 3.24. The van der Waals surface area contributed by atoms with Crippen LogP contribution in [0, 0.1) is 18.8 Å². The zero-order valence-corrected chi connectivity index (χ0v) is 27.5. The lowest BCUT2D eigenvalue weighted by Crippen LogP contribution is -2.45. The summed E-state index contributed by atoms with van der Waals surface area (Å²) in [6.07, 6.45) is 5.89. The first kappa shape index (κ1) is 30.3. The molecule has 3 rings (SSSR count). The summed E-state index contributed by atoms with van der Waals surface area (Å²) in [5.41, 5.74) is 2.56. The summed E-state index contributed by atoms with van der Waals surface area (Å²) < 4.78 is 19.8. The number of ether oxygens (including phenoxy) is 1. The molecule has 0 N–H and O–H groups in total. The van der Waals surface area contributed by atoms with Crippen molar-refractivity contribution in [3.05, 3.63) is 47.5 Å². The number of hydrogen-bond acceptors (Lipinski definition) is 4. The van der Waals surface area contributed by atoms with Crippen LogP contribution < -0.4 is 0 Å². The van der Waals surface area contributed by atoms with E-state index in [-0.39, 0.29) is 52.1 Å². The molecular weight excluding hydrogens is 493 g/mol. The maximum atomic E-state index is 12.2. The Labute approximate surface area is 228 Å². The van der Waals surface area contributed by atoms with Crippen molar-refractivity contribution in [1.29, 1.82) is 0 Å². The third kappa shape index (κ3) is 6.87. The molecule has 1 aliphatic heterocycles. The number of esters is 1. The van der Waals surface area contributed by atoms with Crippen LogP contribution in [0.5, 0.6) is 0 Å². The van der Waals surface area contributed by atoms with E-state index in [4.69, 9.17) is 13.6 Å². The van der Waals surface area contributed by atoms with Gasteiger partial charge in [0.15, 0.2) is 16.6 Å². The molecule has 2 aliphatic rings. The van der Waals surface area contributed by atoms with Crippen molar-refractivity contribution < 1.29 is 18.4 Å². The van der Waals surface area contributed by atoms with E-state index in [0.717, 1.165) is 6.42 Å². The Morgan fingerprint density at radius 2 is 1.65 bits per heavy atom. The summed E-state index contributed by atoms with van der Waals surface area (Å²) in [7, 11) is -4.00. The van der Waals surface area contributed by atoms with Crippen LogP contribution in [0.25, 0.3) is 0 Å². The number of hydrogen-bond donors (Lipinski definition) is 0. The molecule has 1 aromatic carbocycles. The minimum atomic E-state index is -2.03. The van der Waals surface area contributed by atoms with Crippen molar-refractivity contribution in [3.8, 4) is 0 Å². The number of aryl methyl sites for hydroxylation is 1. The summed E-state index contributed by atoms with van der Waals surface area (Å²) in [6.45, 7) is 27.5. The summed E-state index contributed by atoms with van der Waals surface area (Å²) in [4.78, 5) is 12.2. The summed E-state index contributed by atoms with van der Waals surface area (Å²) >= 11 is 0. The number of rotatable bonds is 8. The van der Waals surface area contributed by atoms with Gasteiger partial charge in [0, 0.05) is 24.2 Å². The highest BCUT2D eigenvalue weighted by Crippen LogP contribution is 2.47. The van der Waals surface area contributed by atoms with Crippen molar-refractivity contribution in [1.82, 2.24) is 0 Å². The minimum absolute atomic E-state index is 0.0362. The van der Waals surface area contributed by atoms with Gasteiger partial charge in [-0.1, -0.05) is 90.4 Å². The van der Waals surface area contributed by atoms with Crippen LogP contribution in [0.1, 0.15) is 78.4 Å². The molecule has 0 unspecified atom stereocenters. The fraction of sp³-hybridized carbons (Fsp3) is 0.710. The van der Waals surface area contributed by atoms with Crippen LogP contribution in [0.2, 0.25) is 36.3 Å². The van der Waals surface area contributed by atoms with E-state index in [1.54, 1.807) is 0 Å². The lowest BCUT2D eigenvalue weighted by Gasteiger charge is -2.41. The Kier molecular flexibility index (Phi) is 8.81. The van der Waals surface area contributed by atoms with Gasteiger partial charge in [-0.15, -0.1) is 0 Å². The minimum Gasteiger partial charge on any atom is -0.462 e. The molecule has 4 nitrogen and oxygen atoms in total. The molecule has 0 aromatic heterocycles. The Bertz CT molecular complexity index is 986. The lowest BCUT2D eigenvalue weighted by molar-refractivity contribution is -0.141. The van der Waals surface area contributed by atoms with E-state index < -0.39 is 16.6 Å². The summed E-state index contributed by atoms with van der Waals surface area (Å²) in [5.74, 6) is 0.479. The van der Waals surface area contributed by atoms with Gasteiger partial charge in [-0.05, 0) is 48.8 Å². The Hall–Kier alpha value is -1.22. The number of benzene rings is 1. The molecule has 1 saturated heterocycles. The van der Waals surface area contributed by atoms with Gasteiger partial charge in [0.2, 0.25) is 0 Å². The fourth-order valence-corrected chi connectivity index (χ4v) is 7.73. The first-order chi connectivity index (χ1) is 16.8. The highest BCUT2D eigenvalue weighted by atomic mass is 28.4. The predicted octanol–water partition coefficient (Wildman–Crippen LogP) is 8.39. The van der Waals surface area contributed by atoms with E-state index in [0.29, 0.717) is 6.42 Å². The molecule has 0 amide bonds. The van der Waals surface area contributed by atoms with Gasteiger partial charge in [-0.25, -0.2) is 0 Å². The third-order valence-electron chi connectivity index (χ3n) is 9.62. The average molecular weight is 545 g/mol. The van der Waals surface area contributed by atoms with Gasteiger partial charge in [-0.2, -0.15) is 0 Å². The molecule has 6 heteroatoms. The summed E-state index contributed by atoms with van der Waals surface area (Å²) in [5, 5.41) is 0.243. The Morgan fingerprint density at radius 3 is 2.22 bits per heavy atom. The predicted molar refractivity (Wildman–Crippen MR) is 159 cm³/mol. The van der Waals surface area contributed by atoms with Crippen molar-refractivity contribution in [2.75, 3.05) is 0 Å². The first-order valence-electron chi connectivity index (χ1n) is 14.1. The second kappa shape index (κ2) is 10.7. The van der Waals surface area contributed by atoms with Crippen molar-refractivity contribution in [2.24, 2.45) is 11.8 Å². The molecule has 6 atom stereocenters. The Morgan fingerprint density at radius 1 is 1.03 bits per heavy atom. The monoisotopic (exact) mass is 544 g/mol. The first-order valence-corrected chi connectivity index (χ1v) is 19.9. The van der Waals surface area contributed by atoms with Crippen molar-refractivity contribution >= 4 is 22.6 Å². The van der Waals surface area contributed by atoms with Crippen molar-refractivity contribution in [3.63, 3.8) is 0 Å². The summed E-state index contributed by atoms with van der Waals surface area (Å²) in [6, 6.07) is 8.78. The van der Waals surface area contributed by atoms with Crippen LogP contribution in [0.15, 0.2) is 36.4 Å².